The first-order chi connectivity index (χ1) is 8.20. The van der Waals surface area contributed by atoms with Gasteiger partial charge in [-0.15, -0.1) is 0 Å². The Hall–Kier alpha value is -2.10. The van der Waals surface area contributed by atoms with Crippen LogP contribution in [0.1, 0.15) is 23.0 Å². The molecule has 88 valence electrons. The van der Waals surface area contributed by atoms with E-state index in [0.29, 0.717) is 12.3 Å². The maximum Gasteiger partial charge on any atom is 0.355 e. The maximum absolute atomic E-state index is 11.9. The molecule has 2 heterocycles. The van der Waals surface area contributed by atoms with Crippen LogP contribution >= 0.6 is 0 Å². The van der Waals surface area contributed by atoms with Crippen LogP contribution < -0.4 is 0 Å². The summed E-state index contributed by atoms with van der Waals surface area (Å²) < 4.78 is 6.84. The van der Waals surface area contributed by atoms with Crippen LogP contribution in [0.25, 0.3) is 17.0 Å². The lowest BCUT2D eigenvalue weighted by atomic mass is 10.1. The Morgan fingerprint density at radius 2 is 2.41 bits per heavy atom. The number of fused-ring (bicyclic) bond motifs is 1. The molecule has 0 aliphatic heterocycles. The van der Waals surface area contributed by atoms with Crippen LogP contribution in [-0.2, 0) is 11.8 Å². The largest absolute Gasteiger partial charge is 0.461 e. The smallest absolute Gasteiger partial charge is 0.355 e. The molecule has 0 atom stereocenters. The highest BCUT2D eigenvalue weighted by Crippen LogP contribution is 2.26. The summed E-state index contributed by atoms with van der Waals surface area (Å²) in [6, 6.07) is 1.87. The van der Waals surface area contributed by atoms with Gasteiger partial charge in [-0.25, -0.2) is 4.79 Å². The Morgan fingerprint density at radius 3 is 3.06 bits per heavy atom. The van der Waals surface area contributed by atoms with Crippen LogP contribution in [0.3, 0.4) is 0 Å². The maximum atomic E-state index is 11.9. The van der Waals surface area contributed by atoms with Crippen molar-refractivity contribution in [1.82, 2.24) is 9.55 Å². The topological polar surface area (TPSA) is 44.1 Å². The summed E-state index contributed by atoms with van der Waals surface area (Å²) in [4.78, 5) is 16.0. The molecule has 4 heteroatoms. The Balaban J connectivity index is 2.73. The third kappa shape index (κ3) is 1.71. The van der Waals surface area contributed by atoms with Crippen LogP contribution in [0.5, 0.6) is 0 Å². The van der Waals surface area contributed by atoms with Gasteiger partial charge < -0.3 is 9.30 Å². The van der Waals surface area contributed by atoms with Crippen LogP contribution in [0.15, 0.2) is 25.0 Å². The molecule has 0 N–H and O–H groups in total. The summed E-state index contributed by atoms with van der Waals surface area (Å²) in [6.45, 7) is 5.90. The molecular formula is C13H14N2O2. The summed E-state index contributed by atoms with van der Waals surface area (Å²) in [5, 5.41) is 0.959. The molecule has 0 unspecified atom stereocenters. The first-order valence-corrected chi connectivity index (χ1v) is 5.42. The summed E-state index contributed by atoms with van der Waals surface area (Å²) in [6.07, 6.45) is 5.10. The third-order valence-corrected chi connectivity index (χ3v) is 2.72. The molecule has 4 nitrogen and oxygen atoms in total. The van der Waals surface area contributed by atoms with E-state index in [1.165, 1.54) is 0 Å². The molecular weight excluding hydrogens is 216 g/mol. The number of nitrogens with zero attached hydrogens (tertiary/aromatic N) is 2. The van der Waals surface area contributed by atoms with E-state index in [1.54, 1.807) is 30.0 Å². The number of hydrogen-bond donors (Lipinski definition) is 0. The van der Waals surface area contributed by atoms with E-state index in [1.807, 2.05) is 13.1 Å². The quantitative estimate of drug-likeness (QED) is 0.760. The number of aromatic nitrogens is 2. The average molecular weight is 230 g/mol. The van der Waals surface area contributed by atoms with Crippen molar-refractivity contribution in [3.05, 3.63) is 36.3 Å². The van der Waals surface area contributed by atoms with Crippen molar-refractivity contribution >= 4 is 22.9 Å². The van der Waals surface area contributed by atoms with E-state index in [4.69, 9.17) is 4.74 Å². The molecule has 0 radical (unpaired) electrons. The molecule has 0 spiro atoms. The van der Waals surface area contributed by atoms with Crippen LogP contribution in [0, 0.1) is 0 Å². The minimum absolute atomic E-state index is 0.332. The van der Waals surface area contributed by atoms with Gasteiger partial charge in [0.25, 0.3) is 0 Å². The van der Waals surface area contributed by atoms with Crippen molar-refractivity contribution in [2.24, 2.45) is 7.05 Å². The fourth-order valence-corrected chi connectivity index (χ4v) is 1.96. The first-order valence-electron chi connectivity index (χ1n) is 5.42. The third-order valence-electron chi connectivity index (χ3n) is 2.72. The zero-order valence-corrected chi connectivity index (χ0v) is 9.93. The van der Waals surface area contributed by atoms with Gasteiger partial charge in [0.05, 0.1) is 18.3 Å². The highest BCUT2D eigenvalue weighted by molar-refractivity contribution is 6.02. The average Bonchev–Trinajstić information content (AvgIpc) is 2.63. The number of esters is 1. The van der Waals surface area contributed by atoms with E-state index in [-0.39, 0.29) is 5.97 Å². The molecule has 2 rings (SSSR count). The van der Waals surface area contributed by atoms with Gasteiger partial charge in [-0.2, -0.15) is 0 Å². The van der Waals surface area contributed by atoms with E-state index >= 15 is 0 Å². The van der Waals surface area contributed by atoms with Gasteiger partial charge in [0.2, 0.25) is 0 Å². The zero-order valence-electron chi connectivity index (χ0n) is 9.93. The van der Waals surface area contributed by atoms with Gasteiger partial charge in [-0.3, -0.25) is 4.98 Å². The van der Waals surface area contributed by atoms with Gasteiger partial charge in [0.1, 0.15) is 5.69 Å². The molecule has 2 aromatic heterocycles. The van der Waals surface area contributed by atoms with Crippen LogP contribution in [0.4, 0.5) is 0 Å². The Labute approximate surface area is 99.5 Å². The first kappa shape index (κ1) is 11.4. The van der Waals surface area contributed by atoms with E-state index in [9.17, 15) is 4.79 Å². The number of pyridine rings is 1. The fraction of sp³-hybridized carbons (Fsp3) is 0.231. The van der Waals surface area contributed by atoms with Crippen LogP contribution in [-0.4, -0.2) is 22.1 Å². The molecule has 0 aliphatic rings. The van der Waals surface area contributed by atoms with Gasteiger partial charge in [-0.1, -0.05) is 12.7 Å². The lowest BCUT2D eigenvalue weighted by molar-refractivity contribution is 0.0515. The van der Waals surface area contributed by atoms with Gasteiger partial charge >= 0.3 is 5.97 Å². The van der Waals surface area contributed by atoms with Crippen molar-refractivity contribution < 1.29 is 9.53 Å². The second-order valence-electron chi connectivity index (χ2n) is 3.64. The molecule has 2 aromatic rings. The molecule has 0 saturated carbocycles. The second-order valence-corrected chi connectivity index (χ2v) is 3.64. The number of carbonyl (C=O) groups excluding carboxylic acids is 1. The van der Waals surface area contributed by atoms with Crippen molar-refractivity contribution in [2.45, 2.75) is 6.92 Å². The van der Waals surface area contributed by atoms with E-state index in [2.05, 4.69) is 11.6 Å². The number of ether oxygens (including phenoxy) is 1. The summed E-state index contributed by atoms with van der Waals surface area (Å²) >= 11 is 0. The van der Waals surface area contributed by atoms with Crippen LogP contribution in [0.2, 0.25) is 0 Å². The Morgan fingerprint density at radius 1 is 1.65 bits per heavy atom. The molecule has 17 heavy (non-hydrogen) atoms. The van der Waals surface area contributed by atoms with E-state index < -0.39 is 0 Å². The predicted octanol–water partition coefficient (Wildman–Crippen LogP) is 2.39. The minimum atomic E-state index is -0.332. The van der Waals surface area contributed by atoms with E-state index in [0.717, 1.165) is 16.5 Å². The lowest BCUT2D eigenvalue weighted by Crippen LogP contribution is -2.11. The number of hydrogen-bond acceptors (Lipinski definition) is 3. The Bertz CT molecular complexity index is 584. The summed E-state index contributed by atoms with van der Waals surface area (Å²) in [7, 11) is 1.82. The predicted molar refractivity (Wildman–Crippen MR) is 66.8 cm³/mol. The number of carbonyl (C=O) groups is 1. The van der Waals surface area contributed by atoms with Gasteiger partial charge in [0.15, 0.2) is 0 Å². The Kier molecular flexibility index (Phi) is 2.95. The second kappa shape index (κ2) is 4.41. The molecule has 0 fully saturated rings. The van der Waals surface area contributed by atoms with Crippen molar-refractivity contribution in [1.29, 1.82) is 0 Å². The highest BCUT2D eigenvalue weighted by Gasteiger charge is 2.19. The molecule has 0 saturated heterocycles. The summed E-state index contributed by atoms with van der Waals surface area (Å²) in [5.41, 5.74) is 2.21. The zero-order chi connectivity index (χ0) is 12.4. The normalized spacial score (nSPS) is 10.5. The number of rotatable bonds is 3. The minimum Gasteiger partial charge on any atom is -0.461 e. The summed E-state index contributed by atoms with van der Waals surface area (Å²) in [5.74, 6) is -0.332. The fourth-order valence-electron chi connectivity index (χ4n) is 1.96. The standard InChI is InChI=1S/C13H14N2O2/c1-4-9-10-6-7-14-8-11(10)15(3)12(9)13(16)17-5-2/h4,6-8H,1,5H2,2-3H3. The van der Waals surface area contributed by atoms with Crippen molar-refractivity contribution in [2.75, 3.05) is 6.61 Å². The van der Waals surface area contributed by atoms with Gasteiger partial charge in [0, 0.05) is 24.2 Å². The molecule has 0 aromatic carbocycles. The molecule has 0 aliphatic carbocycles. The SMILES string of the molecule is C=Cc1c(C(=O)OCC)n(C)c2cnccc12. The highest BCUT2D eigenvalue weighted by atomic mass is 16.5. The molecule has 0 amide bonds. The van der Waals surface area contributed by atoms with Crippen molar-refractivity contribution in [3.8, 4) is 0 Å². The number of aryl methyl sites for hydroxylation is 1. The van der Waals surface area contributed by atoms with Crippen molar-refractivity contribution in [3.63, 3.8) is 0 Å². The monoisotopic (exact) mass is 230 g/mol. The lowest BCUT2D eigenvalue weighted by Gasteiger charge is -2.04. The molecule has 0 bridgehead atoms. The van der Waals surface area contributed by atoms with Gasteiger partial charge in [-0.05, 0) is 13.0 Å².